The molecular weight excluding hydrogens is 368 g/mol. The Bertz CT molecular complexity index is 846. The zero-order valence-electron chi connectivity index (χ0n) is 16.9. The lowest BCUT2D eigenvalue weighted by Crippen LogP contribution is -2.28. The minimum Gasteiger partial charge on any atom is -0.484 e. The molecule has 2 aromatic carbocycles. The Kier molecular flexibility index (Phi) is 7.25. The van der Waals surface area contributed by atoms with Gasteiger partial charge in [-0.3, -0.25) is 9.59 Å². The summed E-state index contributed by atoms with van der Waals surface area (Å²) in [6.45, 7) is 4.82. The molecule has 1 aliphatic rings. The van der Waals surface area contributed by atoms with Gasteiger partial charge in [0, 0.05) is 24.2 Å². The van der Waals surface area contributed by atoms with E-state index in [1.165, 1.54) is 0 Å². The second-order valence-electron chi connectivity index (χ2n) is 7.49. The Hall–Kier alpha value is -2.86. The molecular formula is C23H28N2O4. The fourth-order valence-electron chi connectivity index (χ4n) is 2.77. The largest absolute Gasteiger partial charge is 0.484 e. The van der Waals surface area contributed by atoms with Crippen LogP contribution in [-0.4, -0.2) is 24.5 Å². The number of nitrogens with one attached hydrogen (secondary N) is 2. The maximum atomic E-state index is 12.2. The first-order chi connectivity index (χ1) is 14.0. The van der Waals surface area contributed by atoms with E-state index in [1.54, 1.807) is 18.2 Å². The molecule has 0 radical (unpaired) electrons. The van der Waals surface area contributed by atoms with Crippen molar-refractivity contribution in [3.8, 4) is 5.75 Å². The zero-order valence-corrected chi connectivity index (χ0v) is 16.9. The predicted octanol–water partition coefficient (Wildman–Crippen LogP) is 3.66. The van der Waals surface area contributed by atoms with Gasteiger partial charge >= 0.3 is 0 Å². The van der Waals surface area contributed by atoms with Crippen LogP contribution in [0.5, 0.6) is 5.75 Å². The lowest BCUT2D eigenvalue weighted by atomic mass is 10.1. The summed E-state index contributed by atoms with van der Waals surface area (Å²) >= 11 is 0. The first-order valence-electron chi connectivity index (χ1n) is 10.00. The van der Waals surface area contributed by atoms with Crippen molar-refractivity contribution in [3.63, 3.8) is 0 Å². The second-order valence-corrected chi connectivity index (χ2v) is 7.49. The highest BCUT2D eigenvalue weighted by molar-refractivity contribution is 5.94. The van der Waals surface area contributed by atoms with Crippen molar-refractivity contribution in [1.29, 1.82) is 0 Å². The topological polar surface area (TPSA) is 76.7 Å². The van der Waals surface area contributed by atoms with Crippen LogP contribution >= 0.6 is 0 Å². The molecule has 0 bridgehead atoms. The number of benzene rings is 2. The van der Waals surface area contributed by atoms with Crippen LogP contribution in [0.1, 0.15) is 37.8 Å². The third-order valence-electron chi connectivity index (χ3n) is 4.59. The molecule has 2 N–H and O–H groups in total. The molecule has 1 fully saturated rings. The molecule has 154 valence electrons. The predicted molar refractivity (Wildman–Crippen MR) is 112 cm³/mol. The molecule has 2 aromatic rings. The van der Waals surface area contributed by atoms with E-state index in [9.17, 15) is 9.59 Å². The maximum absolute atomic E-state index is 12.2. The minimum absolute atomic E-state index is 0.0417. The molecule has 29 heavy (non-hydrogen) atoms. The lowest BCUT2D eigenvalue weighted by Gasteiger charge is -2.13. The van der Waals surface area contributed by atoms with E-state index >= 15 is 0 Å². The van der Waals surface area contributed by atoms with Crippen molar-refractivity contribution in [2.45, 2.75) is 45.9 Å². The molecule has 0 aromatic heterocycles. The molecule has 0 aliphatic heterocycles. The van der Waals surface area contributed by atoms with Crippen molar-refractivity contribution in [2.24, 2.45) is 5.92 Å². The third-order valence-corrected chi connectivity index (χ3v) is 4.59. The molecule has 1 saturated carbocycles. The monoisotopic (exact) mass is 396 g/mol. The summed E-state index contributed by atoms with van der Waals surface area (Å²) in [5, 5.41) is 5.75. The fourth-order valence-corrected chi connectivity index (χ4v) is 2.77. The van der Waals surface area contributed by atoms with Crippen LogP contribution in [0.3, 0.4) is 0 Å². The van der Waals surface area contributed by atoms with E-state index < -0.39 is 0 Å². The number of rotatable bonds is 10. The average molecular weight is 396 g/mol. The number of hydrogen-bond donors (Lipinski definition) is 2. The van der Waals surface area contributed by atoms with E-state index in [0.717, 1.165) is 24.0 Å². The Morgan fingerprint density at radius 3 is 2.55 bits per heavy atom. The number of carbonyl (C=O) groups is 2. The minimum atomic E-state index is -0.211. The number of ether oxygens (including phenoxy) is 2. The highest BCUT2D eigenvalue weighted by Crippen LogP contribution is 2.30. The van der Waals surface area contributed by atoms with Gasteiger partial charge in [-0.1, -0.05) is 30.3 Å². The molecule has 0 heterocycles. The Morgan fingerprint density at radius 2 is 1.83 bits per heavy atom. The molecule has 6 heteroatoms. The summed E-state index contributed by atoms with van der Waals surface area (Å²) in [5.74, 6) is 0.510. The normalized spacial score (nSPS) is 13.2. The quantitative estimate of drug-likeness (QED) is 0.643. The van der Waals surface area contributed by atoms with Crippen LogP contribution in [0.25, 0.3) is 0 Å². The smallest absolute Gasteiger partial charge is 0.258 e. The van der Waals surface area contributed by atoms with Gasteiger partial charge in [0.25, 0.3) is 5.91 Å². The lowest BCUT2D eigenvalue weighted by molar-refractivity contribution is -0.123. The molecule has 0 saturated heterocycles. The molecule has 0 atom stereocenters. The Morgan fingerprint density at radius 1 is 1.07 bits per heavy atom. The van der Waals surface area contributed by atoms with Crippen LogP contribution in [0, 0.1) is 5.92 Å². The van der Waals surface area contributed by atoms with E-state index in [4.69, 9.17) is 9.47 Å². The van der Waals surface area contributed by atoms with Crippen molar-refractivity contribution < 1.29 is 19.1 Å². The van der Waals surface area contributed by atoms with Gasteiger partial charge in [-0.05, 0) is 49.9 Å². The molecule has 2 amide bonds. The van der Waals surface area contributed by atoms with Crippen molar-refractivity contribution in [3.05, 3.63) is 59.7 Å². The second kappa shape index (κ2) is 10.1. The van der Waals surface area contributed by atoms with E-state index in [1.807, 2.05) is 44.2 Å². The Balaban J connectivity index is 1.46. The van der Waals surface area contributed by atoms with Crippen LogP contribution in [0.15, 0.2) is 48.5 Å². The van der Waals surface area contributed by atoms with Gasteiger partial charge < -0.3 is 20.1 Å². The summed E-state index contributed by atoms with van der Waals surface area (Å²) in [5.41, 5.74) is 2.76. The number of carbonyl (C=O) groups excluding carboxylic acids is 2. The highest BCUT2D eigenvalue weighted by atomic mass is 16.5. The van der Waals surface area contributed by atoms with Gasteiger partial charge in [0.05, 0.1) is 12.7 Å². The molecule has 1 aliphatic carbocycles. The summed E-state index contributed by atoms with van der Waals surface area (Å²) < 4.78 is 11.2. The van der Waals surface area contributed by atoms with Crippen LogP contribution in [0.2, 0.25) is 0 Å². The third kappa shape index (κ3) is 6.91. The van der Waals surface area contributed by atoms with Crippen LogP contribution in [-0.2, 0) is 27.5 Å². The molecule has 3 rings (SSSR count). The zero-order chi connectivity index (χ0) is 20.6. The molecule has 0 spiro atoms. The van der Waals surface area contributed by atoms with Gasteiger partial charge in [0.1, 0.15) is 5.75 Å². The summed E-state index contributed by atoms with van der Waals surface area (Å²) in [7, 11) is 0. The SMILES string of the molecule is CC(C)OCc1ccccc1CNC(=O)COc1cccc(NC(=O)C2CC2)c1. The highest BCUT2D eigenvalue weighted by Gasteiger charge is 2.29. The van der Waals surface area contributed by atoms with Crippen LogP contribution in [0.4, 0.5) is 5.69 Å². The number of anilines is 1. The number of amides is 2. The summed E-state index contributed by atoms with van der Waals surface area (Å²) in [6.07, 6.45) is 2.06. The van der Waals surface area contributed by atoms with Crippen molar-refractivity contribution in [1.82, 2.24) is 5.32 Å². The number of hydrogen-bond acceptors (Lipinski definition) is 4. The summed E-state index contributed by atoms with van der Waals surface area (Å²) in [4.78, 5) is 24.0. The van der Waals surface area contributed by atoms with E-state index in [2.05, 4.69) is 10.6 Å². The molecule has 6 nitrogen and oxygen atoms in total. The van der Waals surface area contributed by atoms with Gasteiger partial charge in [-0.15, -0.1) is 0 Å². The molecule has 0 unspecified atom stereocenters. The van der Waals surface area contributed by atoms with E-state index in [0.29, 0.717) is 24.6 Å². The first-order valence-corrected chi connectivity index (χ1v) is 10.00. The van der Waals surface area contributed by atoms with Gasteiger partial charge in [-0.2, -0.15) is 0 Å². The maximum Gasteiger partial charge on any atom is 0.258 e. The Labute approximate surface area is 171 Å². The fraction of sp³-hybridized carbons (Fsp3) is 0.391. The van der Waals surface area contributed by atoms with Crippen LogP contribution < -0.4 is 15.4 Å². The summed E-state index contributed by atoms with van der Waals surface area (Å²) in [6, 6.07) is 15.0. The average Bonchev–Trinajstić information content (AvgIpc) is 3.55. The van der Waals surface area contributed by atoms with E-state index in [-0.39, 0.29) is 30.4 Å². The van der Waals surface area contributed by atoms with Crippen molar-refractivity contribution in [2.75, 3.05) is 11.9 Å². The van der Waals surface area contributed by atoms with Gasteiger partial charge in [0.2, 0.25) is 5.91 Å². The van der Waals surface area contributed by atoms with Gasteiger partial charge in [-0.25, -0.2) is 0 Å². The van der Waals surface area contributed by atoms with Crippen molar-refractivity contribution >= 4 is 17.5 Å². The standard InChI is InChI=1S/C23H28N2O4/c1-16(2)28-14-19-7-4-3-6-18(19)13-24-22(26)15-29-21-9-5-8-20(12-21)25-23(27)17-10-11-17/h3-9,12,16-17H,10-11,13-15H2,1-2H3,(H,24,26)(H,25,27). The van der Waals surface area contributed by atoms with Gasteiger partial charge in [0.15, 0.2) is 6.61 Å². The first kappa shape index (κ1) is 20.9.